The van der Waals surface area contributed by atoms with Crippen molar-refractivity contribution in [1.82, 2.24) is 25.1 Å². The van der Waals surface area contributed by atoms with Crippen LogP contribution in [-0.2, 0) is 24.7 Å². The molecule has 0 aliphatic heterocycles. The van der Waals surface area contributed by atoms with Gasteiger partial charge in [-0.2, -0.15) is 5.10 Å². The van der Waals surface area contributed by atoms with Crippen LogP contribution in [0.15, 0.2) is 55.3 Å². The highest BCUT2D eigenvalue weighted by Gasteiger charge is 2.26. The first-order valence-corrected chi connectivity index (χ1v) is 9.02. The third-order valence-corrected chi connectivity index (χ3v) is 4.79. The van der Waals surface area contributed by atoms with Gasteiger partial charge in [-0.3, -0.25) is 9.48 Å². The van der Waals surface area contributed by atoms with E-state index in [9.17, 15) is 4.79 Å². The molecule has 3 aromatic rings. The molecule has 1 aliphatic carbocycles. The molecule has 0 bridgehead atoms. The number of hydrogen-bond donors (Lipinski definition) is 1. The van der Waals surface area contributed by atoms with Gasteiger partial charge in [-0.25, -0.2) is 9.97 Å². The molecule has 27 heavy (non-hydrogen) atoms. The molecule has 1 aromatic carbocycles. The Morgan fingerprint density at radius 3 is 2.78 bits per heavy atom. The largest absolute Gasteiger partial charge is 0.349 e. The average Bonchev–Trinajstić information content (AvgIpc) is 3.14. The number of aromatic nitrogens is 4. The number of nitrogens with one attached hydrogen (secondary N) is 1. The number of carbonyl (C=O) groups excluding carboxylic acids is 1. The number of benzene rings is 1. The maximum Gasteiger partial charge on any atom is 0.243 e. The lowest BCUT2D eigenvalue weighted by molar-refractivity contribution is -0.117. The molecule has 136 valence electrons. The summed E-state index contributed by atoms with van der Waals surface area (Å²) in [4.78, 5) is 21.4. The van der Waals surface area contributed by atoms with Crippen molar-refractivity contribution >= 4 is 5.91 Å². The molecule has 1 unspecified atom stereocenters. The van der Waals surface area contributed by atoms with Crippen LogP contribution in [0.4, 0.5) is 0 Å². The second-order valence-electron chi connectivity index (χ2n) is 6.71. The summed E-state index contributed by atoms with van der Waals surface area (Å²) >= 11 is 0. The first-order valence-electron chi connectivity index (χ1n) is 9.02. The van der Waals surface area contributed by atoms with E-state index in [2.05, 4.69) is 17.0 Å². The Kier molecular flexibility index (Phi) is 4.54. The summed E-state index contributed by atoms with van der Waals surface area (Å²) in [6.07, 6.45) is 5.55. The number of fused-ring (bicyclic) bond motifs is 1. The molecule has 0 radical (unpaired) electrons. The zero-order chi connectivity index (χ0) is 18.8. The number of nitrogens with zero attached hydrogens (tertiary/aromatic N) is 4. The van der Waals surface area contributed by atoms with Crippen molar-refractivity contribution in [3.63, 3.8) is 0 Å². The van der Waals surface area contributed by atoms with Gasteiger partial charge in [0.15, 0.2) is 5.82 Å². The molecular formula is C21H21N5O. The van der Waals surface area contributed by atoms with Crippen LogP contribution >= 0.6 is 0 Å². The van der Waals surface area contributed by atoms with Crippen molar-refractivity contribution in [3.05, 3.63) is 66.5 Å². The van der Waals surface area contributed by atoms with E-state index in [0.29, 0.717) is 12.2 Å². The van der Waals surface area contributed by atoms with E-state index in [1.165, 1.54) is 6.08 Å². The molecule has 1 aliphatic rings. The fourth-order valence-corrected chi connectivity index (χ4v) is 3.46. The van der Waals surface area contributed by atoms with Crippen LogP contribution in [0.3, 0.4) is 0 Å². The van der Waals surface area contributed by atoms with Crippen molar-refractivity contribution in [2.75, 3.05) is 0 Å². The summed E-state index contributed by atoms with van der Waals surface area (Å²) in [6, 6.07) is 12.0. The lowest BCUT2D eigenvalue weighted by Gasteiger charge is -2.26. The van der Waals surface area contributed by atoms with Gasteiger partial charge in [0.25, 0.3) is 0 Å². The molecule has 4 rings (SSSR count). The molecular weight excluding hydrogens is 338 g/mol. The lowest BCUT2D eigenvalue weighted by Crippen LogP contribution is -2.38. The summed E-state index contributed by atoms with van der Waals surface area (Å²) in [5.41, 5.74) is 4.75. The highest BCUT2D eigenvalue weighted by molar-refractivity contribution is 5.87. The van der Waals surface area contributed by atoms with Gasteiger partial charge in [0.2, 0.25) is 5.91 Å². The Hall–Kier alpha value is -3.28. The molecule has 2 heterocycles. The molecule has 2 aromatic heterocycles. The summed E-state index contributed by atoms with van der Waals surface area (Å²) in [5, 5.41) is 7.55. The van der Waals surface area contributed by atoms with Crippen molar-refractivity contribution in [3.8, 4) is 22.8 Å². The maximum atomic E-state index is 11.7. The van der Waals surface area contributed by atoms with E-state index < -0.39 is 0 Å². The minimum Gasteiger partial charge on any atom is -0.349 e. The number of hydrogen-bond acceptors (Lipinski definition) is 4. The van der Waals surface area contributed by atoms with E-state index in [1.54, 1.807) is 4.68 Å². The standard InChI is InChI=1S/C21H21N5O/c1-3-19(27)22-15-9-10-17-16(13-15)20(18-11-12-26(2)25-18)24-21(23-17)14-7-5-4-6-8-14/h3-8,11-12,15H,1,9-10,13H2,2H3,(H,22,27). The fraction of sp³-hybridized carbons (Fsp3) is 0.238. The van der Waals surface area contributed by atoms with Gasteiger partial charge in [-0.15, -0.1) is 0 Å². The summed E-state index contributed by atoms with van der Waals surface area (Å²) in [6.45, 7) is 3.53. The third kappa shape index (κ3) is 3.51. The number of carbonyl (C=O) groups is 1. The lowest BCUT2D eigenvalue weighted by atomic mass is 9.89. The van der Waals surface area contributed by atoms with Gasteiger partial charge in [-0.1, -0.05) is 36.9 Å². The predicted molar refractivity (Wildman–Crippen MR) is 104 cm³/mol. The second-order valence-corrected chi connectivity index (χ2v) is 6.71. The average molecular weight is 359 g/mol. The van der Waals surface area contributed by atoms with Gasteiger partial charge < -0.3 is 5.32 Å². The molecule has 1 N–H and O–H groups in total. The van der Waals surface area contributed by atoms with Crippen molar-refractivity contribution in [1.29, 1.82) is 0 Å². The minimum atomic E-state index is -0.148. The fourth-order valence-electron chi connectivity index (χ4n) is 3.46. The molecule has 1 amide bonds. The van der Waals surface area contributed by atoms with Crippen molar-refractivity contribution in [2.24, 2.45) is 7.05 Å². The van der Waals surface area contributed by atoms with E-state index in [0.717, 1.165) is 41.1 Å². The smallest absolute Gasteiger partial charge is 0.243 e. The Labute approximate surface area is 158 Å². The SMILES string of the molecule is C=CC(=O)NC1CCc2nc(-c3ccccc3)nc(-c3ccn(C)n3)c2C1. The van der Waals surface area contributed by atoms with Crippen LogP contribution in [0.25, 0.3) is 22.8 Å². The summed E-state index contributed by atoms with van der Waals surface area (Å²) in [7, 11) is 1.89. The number of rotatable bonds is 4. The van der Waals surface area contributed by atoms with Crippen LogP contribution in [0.1, 0.15) is 17.7 Å². The van der Waals surface area contributed by atoms with Crippen LogP contribution < -0.4 is 5.32 Å². The van der Waals surface area contributed by atoms with E-state index in [4.69, 9.17) is 9.97 Å². The second kappa shape index (κ2) is 7.15. The molecule has 0 fully saturated rings. The van der Waals surface area contributed by atoms with Crippen LogP contribution in [0, 0.1) is 0 Å². The zero-order valence-corrected chi connectivity index (χ0v) is 15.2. The van der Waals surface area contributed by atoms with Crippen LogP contribution in [0.5, 0.6) is 0 Å². The Balaban J connectivity index is 1.79. The number of aryl methyl sites for hydroxylation is 2. The quantitative estimate of drug-likeness (QED) is 0.727. The Bertz CT molecular complexity index is 993. The Morgan fingerprint density at radius 1 is 1.26 bits per heavy atom. The Morgan fingerprint density at radius 2 is 2.07 bits per heavy atom. The minimum absolute atomic E-state index is 0.0524. The first-order chi connectivity index (χ1) is 13.1. The summed E-state index contributed by atoms with van der Waals surface area (Å²) < 4.78 is 1.77. The normalized spacial score (nSPS) is 15.8. The van der Waals surface area contributed by atoms with Gasteiger partial charge in [0.1, 0.15) is 5.69 Å². The summed E-state index contributed by atoms with van der Waals surface area (Å²) in [5.74, 6) is 0.563. The highest BCUT2D eigenvalue weighted by Crippen LogP contribution is 2.31. The van der Waals surface area contributed by atoms with E-state index in [-0.39, 0.29) is 11.9 Å². The molecule has 1 atom stereocenters. The number of amides is 1. The molecule has 0 spiro atoms. The molecule has 0 saturated carbocycles. The molecule has 6 nitrogen and oxygen atoms in total. The van der Waals surface area contributed by atoms with Crippen LogP contribution in [-0.4, -0.2) is 31.7 Å². The maximum absolute atomic E-state index is 11.7. The monoisotopic (exact) mass is 359 g/mol. The first kappa shape index (κ1) is 17.1. The van der Waals surface area contributed by atoms with E-state index in [1.807, 2.05) is 49.6 Å². The van der Waals surface area contributed by atoms with Crippen molar-refractivity contribution in [2.45, 2.75) is 25.3 Å². The molecule has 6 heteroatoms. The van der Waals surface area contributed by atoms with Gasteiger partial charge >= 0.3 is 0 Å². The molecule has 0 saturated heterocycles. The van der Waals surface area contributed by atoms with E-state index >= 15 is 0 Å². The highest BCUT2D eigenvalue weighted by atomic mass is 16.1. The van der Waals surface area contributed by atoms with Crippen molar-refractivity contribution < 1.29 is 4.79 Å². The topological polar surface area (TPSA) is 72.7 Å². The van der Waals surface area contributed by atoms with Gasteiger partial charge in [0.05, 0.1) is 5.69 Å². The third-order valence-electron chi connectivity index (χ3n) is 4.79. The predicted octanol–water partition coefficient (Wildman–Crippen LogP) is 2.70. The van der Waals surface area contributed by atoms with Gasteiger partial charge in [-0.05, 0) is 31.4 Å². The van der Waals surface area contributed by atoms with Crippen LogP contribution in [0.2, 0.25) is 0 Å². The van der Waals surface area contributed by atoms with Gasteiger partial charge in [0, 0.05) is 36.1 Å². The zero-order valence-electron chi connectivity index (χ0n) is 15.2.